The van der Waals surface area contributed by atoms with E-state index in [0.717, 1.165) is 12.2 Å². The second-order valence-electron chi connectivity index (χ2n) is 4.10. The Kier molecular flexibility index (Phi) is 3.02. The van der Waals surface area contributed by atoms with Gasteiger partial charge in [0.1, 0.15) is 6.17 Å². The minimum atomic E-state index is -0.730. The Morgan fingerprint density at radius 3 is 3.07 bits per heavy atom. The molecule has 4 nitrogen and oxygen atoms in total. The Bertz CT molecular complexity index is 325. The molecule has 2 heterocycles. The Morgan fingerprint density at radius 1 is 1.67 bits per heavy atom. The van der Waals surface area contributed by atoms with Gasteiger partial charge in [-0.2, -0.15) is 5.10 Å². The van der Waals surface area contributed by atoms with E-state index in [2.05, 4.69) is 10.00 Å². The van der Waals surface area contributed by atoms with Gasteiger partial charge < -0.3 is 5.73 Å². The number of likely N-dealkylation sites (tertiary alicyclic amines) is 1. The van der Waals surface area contributed by atoms with Crippen LogP contribution in [0.15, 0.2) is 12.3 Å². The lowest BCUT2D eigenvalue weighted by Gasteiger charge is -2.22. The minimum Gasteiger partial charge on any atom is -0.329 e. The van der Waals surface area contributed by atoms with Gasteiger partial charge in [-0.15, -0.1) is 0 Å². The highest BCUT2D eigenvalue weighted by Crippen LogP contribution is 2.21. The van der Waals surface area contributed by atoms with Gasteiger partial charge in [-0.25, -0.2) is 4.39 Å². The normalized spacial score (nSPS) is 27.4. The highest BCUT2D eigenvalue weighted by atomic mass is 19.1. The van der Waals surface area contributed by atoms with E-state index in [1.807, 2.05) is 17.8 Å². The molecule has 0 aromatic carbocycles. The average Bonchev–Trinajstić information content (AvgIpc) is 2.75. The molecule has 0 unspecified atom stereocenters. The van der Waals surface area contributed by atoms with Crippen molar-refractivity contribution in [1.29, 1.82) is 0 Å². The first kappa shape index (κ1) is 10.6. The fraction of sp³-hybridized carbons (Fsp3) is 0.700. The van der Waals surface area contributed by atoms with Crippen LogP contribution in [0.2, 0.25) is 0 Å². The molecule has 2 N–H and O–H groups in total. The van der Waals surface area contributed by atoms with Crippen LogP contribution >= 0.6 is 0 Å². The molecule has 0 radical (unpaired) electrons. The Morgan fingerprint density at radius 2 is 2.47 bits per heavy atom. The third kappa shape index (κ3) is 2.18. The van der Waals surface area contributed by atoms with Gasteiger partial charge in [0.2, 0.25) is 0 Å². The third-order valence-corrected chi connectivity index (χ3v) is 3.04. The molecular weight excluding hydrogens is 195 g/mol. The molecule has 0 spiro atoms. The number of halogens is 1. The van der Waals surface area contributed by atoms with Gasteiger partial charge in [-0.3, -0.25) is 9.58 Å². The van der Waals surface area contributed by atoms with Crippen molar-refractivity contribution >= 4 is 0 Å². The highest BCUT2D eigenvalue weighted by molar-refractivity contribution is 5.01. The summed E-state index contributed by atoms with van der Waals surface area (Å²) in [5.41, 5.74) is 6.72. The lowest BCUT2D eigenvalue weighted by molar-refractivity contribution is 0.233. The summed E-state index contributed by atoms with van der Waals surface area (Å²) in [5.74, 6) is 0. The van der Waals surface area contributed by atoms with Crippen LogP contribution in [0, 0.1) is 0 Å². The first-order chi connectivity index (χ1) is 7.20. The van der Waals surface area contributed by atoms with Crippen LogP contribution in [0.3, 0.4) is 0 Å². The second-order valence-corrected chi connectivity index (χ2v) is 4.10. The first-order valence-electron chi connectivity index (χ1n) is 5.25. The molecule has 0 saturated carbocycles. The molecule has 2 rings (SSSR count). The SMILES string of the molecule is Cn1nccc1CN1C[C@H](F)C[C@H]1CN. The molecule has 1 fully saturated rings. The third-order valence-electron chi connectivity index (χ3n) is 3.04. The lowest BCUT2D eigenvalue weighted by atomic mass is 10.2. The fourth-order valence-electron chi connectivity index (χ4n) is 2.13. The fourth-order valence-corrected chi connectivity index (χ4v) is 2.13. The maximum absolute atomic E-state index is 13.2. The smallest absolute Gasteiger partial charge is 0.114 e. The number of hydrogen-bond donors (Lipinski definition) is 1. The van der Waals surface area contributed by atoms with Crippen LogP contribution in [0.5, 0.6) is 0 Å². The Hall–Kier alpha value is -0.940. The van der Waals surface area contributed by atoms with Crippen molar-refractivity contribution < 1.29 is 4.39 Å². The van der Waals surface area contributed by atoms with Gasteiger partial charge >= 0.3 is 0 Å². The van der Waals surface area contributed by atoms with Crippen molar-refractivity contribution in [1.82, 2.24) is 14.7 Å². The van der Waals surface area contributed by atoms with Crippen LogP contribution in [0.1, 0.15) is 12.1 Å². The van der Waals surface area contributed by atoms with E-state index in [0.29, 0.717) is 19.5 Å². The zero-order chi connectivity index (χ0) is 10.8. The predicted molar refractivity (Wildman–Crippen MR) is 56.0 cm³/mol. The molecule has 84 valence electrons. The van der Waals surface area contributed by atoms with Gasteiger partial charge in [0.25, 0.3) is 0 Å². The standard InChI is InChI=1S/C10H17FN4/c1-14-9(2-3-13-14)7-15-6-8(11)4-10(15)5-12/h2-3,8,10H,4-7,12H2,1H3/t8-,10+/m1/s1. The molecule has 1 saturated heterocycles. The molecule has 1 aliphatic rings. The molecule has 0 amide bonds. The van der Waals surface area contributed by atoms with E-state index < -0.39 is 6.17 Å². The second kappa shape index (κ2) is 4.28. The van der Waals surface area contributed by atoms with Crippen LogP contribution in [0.25, 0.3) is 0 Å². The summed E-state index contributed by atoms with van der Waals surface area (Å²) in [5, 5.41) is 4.09. The van der Waals surface area contributed by atoms with Gasteiger partial charge in [0.05, 0.1) is 5.69 Å². The number of aromatic nitrogens is 2. The van der Waals surface area contributed by atoms with Gasteiger partial charge in [0.15, 0.2) is 0 Å². The molecule has 0 bridgehead atoms. The highest BCUT2D eigenvalue weighted by Gasteiger charge is 2.31. The zero-order valence-electron chi connectivity index (χ0n) is 8.93. The molecule has 0 aliphatic carbocycles. The monoisotopic (exact) mass is 212 g/mol. The summed E-state index contributed by atoms with van der Waals surface area (Å²) in [4.78, 5) is 2.10. The van der Waals surface area contributed by atoms with Gasteiger partial charge in [0, 0.05) is 38.9 Å². The van der Waals surface area contributed by atoms with E-state index in [1.54, 1.807) is 6.20 Å². The summed E-state index contributed by atoms with van der Waals surface area (Å²) in [7, 11) is 1.90. The molecular formula is C10H17FN4. The largest absolute Gasteiger partial charge is 0.329 e. The number of nitrogens with zero attached hydrogens (tertiary/aromatic N) is 3. The molecule has 1 aromatic rings. The summed E-state index contributed by atoms with van der Waals surface area (Å²) >= 11 is 0. The summed E-state index contributed by atoms with van der Waals surface area (Å²) in [6.45, 7) is 1.75. The quantitative estimate of drug-likeness (QED) is 0.783. The average molecular weight is 212 g/mol. The summed E-state index contributed by atoms with van der Waals surface area (Å²) < 4.78 is 15.0. The lowest BCUT2D eigenvalue weighted by Crippen LogP contribution is -2.35. The van der Waals surface area contributed by atoms with Crippen molar-refractivity contribution in [3.63, 3.8) is 0 Å². The van der Waals surface area contributed by atoms with Crippen LogP contribution in [-0.4, -0.2) is 40.0 Å². The maximum Gasteiger partial charge on any atom is 0.114 e. The van der Waals surface area contributed by atoms with Crippen molar-refractivity contribution in [3.8, 4) is 0 Å². The molecule has 2 atom stereocenters. The van der Waals surface area contributed by atoms with E-state index >= 15 is 0 Å². The Labute approximate surface area is 88.9 Å². The van der Waals surface area contributed by atoms with Gasteiger partial charge in [-0.1, -0.05) is 0 Å². The van der Waals surface area contributed by atoms with E-state index in [1.165, 1.54) is 0 Å². The number of alkyl halides is 1. The summed E-state index contributed by atoms with van der Waals surface area (Å²) in [6.07, 6.45) is 1.59. The van der Waals surface area contributed by atoms with Crippen LogP contribution in [0.4, 0.5) is 4.39 Å². The maximum atomic E-state index is 13.2. The number of hydrogen-bond acceptors (Lipinski definition) is 3. The van der Waals surface area contributed by atoms with E-state index in [-0.39, 0.29) is 6.04 Å². The Balaban J connectivity index is 2.02. The molecule has 1 aromatic heterocycles. The van der Waals surface area contributed by atoms with Crippen molar-refractivity contribution in [2.45, 2.75) is 25.2 Å². The molecule has 1 aliphatic heterocycles. The number of nitrogens with two attached hydrogens (primary N) is 1. The van der Waals surface area contributed by atoms with E-state index in [9.17, 15) is 4.39 Å². The minimum absolute atomic E-state index is 0.176. The predicted octanol–water partition coefficient (Wildman–Crippen LogP) is 0.291. The number of rotatable bonds is 3. The van der Waals surface area contributed by atoms with Crippen molar-refractivity contribution in [2.75, 3.05) is 13.1 Å². The topological polar surface area (TPSA) is 47.1 Å². The first-order valence-corrected chi connectivity index (χ1v) is 5.25. The van der Waals surface area contributed by atoms with Crippen LogP contribution < -0.4 is 5.73 Å². The van der Waals surface area contributed by atoms with Gasteiger partial charge in [-0.05, 0) is 12.5 Å². The molecule has 5 heteroatoms. The van der Waals surface area contributed by atoms with E-state index in [4.69, 9.17) is 5.73 Å². The number of aryl methyl sites for hydroxylation is 1. The molecule has 15 heavy (non-hydrogen) atoms. The summed E-state index contributed by atoms with van der Waals surface area (Å²) in [6, 6.07) is 2.13. The van der Waals surface area contributed by atoms with Crippen molar-refractivity contribution in [3.05, 3.63) is 18.0 Å². The zero-order valence-corrected chi connectivity index (χ0v) is 8.93. The van der Waals surface area contributed by atoms with Crippen LogP contribution in [-0.2, 0) is 13.6 Å². The van der Waals surface area contributed by atoms with Crippen molar-refractivity contribution in [2.24, 2.45) is 12.8 Å².